The van der Waals surface area contributed by atoms with Gasteiger partial charge in [-0.3, -0.25) is 14.5 Å². The third kappa shape index (κ3) is 7.25. The van der Waals surface area contributed by atoms with Crippen LogP contribution in [0, 0.1) is 0 Å². The predicted molar refractivity (Wildman–Crippen MR) is 71.0 cm³/mol. The summed E-state index contributed by atoms with van der Waals surface area (Å²) in [4.78, 5) is 27.0. The number of esters is 1. The summed E-state index contributed by atoms with van der Waals surface area (Å²) in [6, 6.07) is 0. The van der Waals surface area contributed by atoms with Gasteiger partial charge in [0.05, 0.1) is 13.2 Å². The third-order valence-corrected chi connectivity index (χ3v) is 3.06. The Morgan fingerprint density at radius 3 is 2.47 bits per heavy atom. The first-order valence-electron chi connectivity index (χ1n) is 6.77. The summed E-state index contributed by atoms with van der Waals surface area (Å²) >= 11 is 0. The molecule has 6 nitrogen and oxygen atoms in total. The minimum atomic E-state index is -0.477. The number of likely N-dealkylation sites (N-methyl/N-ethyl adjacent to an activating group) is 1. The lowest BCUT2D eigenvalue weighted by atomic mass is 10.3. The van der Waals surface area contributed by atoms with Crippen LogP contribution in [0.2, 0.25) is 0 Å². The standard InChI is InChI=1S/C13H24N2O4/c1-3-19-13(17)10-12(16)11-18-9-8-15-6-4-14(2)5-7-15/h3-11H2,1-2H3. The monoisotopic (exact) mass is 272 g/mol. The van der Waals surface area contributed by atoms with Crippen LogP contribution in [0.3, 0.4) is 0 Å². The van der Waals surface area contributed by atoms with E-state index in [-0.39, 0.29) is 18.8 Å². The molecular weight excluding hydrogens is 248 g/mol. The Balaban J connectivity index is 2.01. The molecule has 0 N–H and O–H groups in total. The third-order valence-electron chi connectivity index (χ3n) is 3.06. The molecule has 1 heterocycles. The number of nitrogens with zero attached hydrogens (tertiary/aromatic N) is 2. The maximum atomic E-state index is 11.4. The van der Waals surface area contributed by atoms with Crippen LogP contribution in [0.15, 0.2) is 0 Å². The number of carbonyl (C=O) groups is 2. The van der Waals surface area contributed by atoms with Gasteiger partial charge in [-0.05, 0) is 14.0 Å². The first-order chi connectivity index (χ1) is 9.11. The molecule has 0 aromatic carbocycles. The van der Waals surface area contributed by atoms with Gasteiger partial charge < -0.3 is 14.4 Å². The SMILES string of the molecule is CCOC(=O)CC(=O)COCCN1CCN(C)CC1. The van der Waals surface area contributed by atoms with E-state index in [1.54, 1.807) is 6.92 Å². The molecule has 1 aliphatic heterocycles. The Morgan fingerprint density at radius 2 is 1.84 bits per heavy atom. The first-order valence-corrected chi connectivity index (χ1v) is 6.77. The lowest BCUT2D eigenvalue weighted by Crippen LogP contribution is -2.45. The fourth-order valence-electron chi connectivity index (χ4n) is 1.88. The van der Waals surface area contributed by atoms with Gasteiger partial charge >= 0.3 is 5.97 Å². The zero-order valence-corrected chi connectivity index (χ0v) is 11.9. The van der Waals surface area contributed by atoms with Gasteiger partial charge in [0.2, 0.25) is 0 Å². The van der Waals surface area contributed by atoms with Gasteiger partial charge in [0.25, 0.3) is 0 Å². The molecule has 0 aromatic heterocycles. The van der Waals surface area contributed by atoms with Crippen LogP contribution in [0.1, 0.15) is 13.3 Å². The summed E-state index contributed by atoms with van der Waals surface area (Å²) in [6.45, 7) is 7.59. The first kappa shape index (κ1) is 16.1. The predicted octanol–water partition coefficient (Wildman–Crippen LogP) is -0.227. The summed E-state index contributed by atoms with van der Waals surface area (Å²) in [6.07, 6.45) is -0.192. The minimum absolute atomic E-state index is 0.00738. The van der Waals surface area contributed by atoms with E-state index < -0.39 is 5.97 Å². The zero-order valence-electron chi connectivity index (χ0n) is 11.9. The zero-order chi connectivity index (χ0) is 14.1. The molecule has 0 aromatic rings. The highest BCUT2D eigenvalue weighted by molar-refractivity contribution is 5.96. The van der Waals surface area contributed by atoms with Crippen LogP contribution < -0.4 is 0 Å². The van der Waals surface area contributed by atoms with Gasteiger partial charge in [-0.15, -0.1) is 0 Å². The average molecular weight is 272 g/mol. The van der Waals surface area contributed by atoms with Crippen LogP contribution >= 0.6 is 0 Å². The molecule has 0 atom stereocenters. The molecule has 6 heteroatoms. The number of ether oxygens (including phenoxy) is 2. The van der Waals surface area contributed by atoms with E-state index in [1.165, 1.54) is 0 Å². The Kier molecular flexibility index (Phi) is 7.62. The summed E-state index contributed by atoms with van der Waals surface area (Å²) in [5, 5.41) is 0. The van der Waals surface area contributed by atoms with Gasteiger partial charge in [-0.25, -0.2) is 0 Å². The Labute approximate surface area is 114 Å². The quantitative estimate of drug-likeness (QED) is 0.346. The van der Waals surface area contributed by atoms with Crippen molar-refractivity contribution in [1.29, 1.82) is 0 Å². The van der Waals surface area contributed by atoms with Crippen molar-refractivity contribution in [1.82, 2.24) is 9.80 Å². The van der Waals surface area contributed by atoms with Crippen molar-refractivity contribution in [2.45, 2.75) is 13.3 Å². The molecule has 0 unspecified atom stereocenters. The van der Waals surface area contributed by atoms with E-state index in [9.17, 15) is 9.59 Å². The molecular formula is C13H24N2O4. The maximum absolute atomic E-state index is 11.4. The van der Waals surface area contributed by atoms with Gasteiger partial charge in [-0.1, -0.05) is 0 Å². The highest BCUT2D eigenvalue weighted by Gasteiger charge is 2.14. The number of hydrogen-bond donors (Lipinski definition) is 0. The van der Waals surface area contributed by atoms with Crippen LogP contribution in [-0.2, 0) is 19.1 Å². The van der Waals surface area contributed by atoms with Crippen molar-refractivity contribution in [2.75, 3.05) is 59.6 Å². The molecule has 0 saturated carbocycles. The molecule has 0 bridgehead atoms. The number of piperazine rings is 1. The molecule has 0 spiro atoms. The Morgan fingerprint density at radius 1 is 1.16 bits per heavy atom. The largest absolute Gasteiger partial charge is 0.466 e. The molecule has 0 amide bonds. The molecule has 1 rings (SSSR count). The van der Waals surface area contributed by atoms with E-state index in [2.05, 4.69) is 16.8 Å². The molecule has 1 fully saturated rings. The number of Topliss-reactive ketones (excluding diaryl/α,β-unsaturated/α-hetero) is 1. The number of hydrogen-bond acceptors (Lipinski definition) is 6. The van der Waals surface area contributed by atoms with Crippen molar-refractivity contribution in [3.63, 3.8) is 0 Å². The van der Waals surface area contributed by atoms with E-state index in [4.69, 9.17) is 9.47 Å². The molecule has 1 aliphatic rings. The fourth-order valence-corrected chi connectivity index (χ4v) is 1.88. The second-order valence-electron chi connectivity index (χ2n) is 4.72. The van der Waals surface area contributed by atoms with Crippen molar-refractivity contribution in [3.8, 4) is 0 Å². The van der Waals surface area contributed by atoms with E-state index >= 15 is 0 Å². The van der Waals surface area contributed by atoms with E-state index in [1.807, 2.05) is 0 Å². The number of rotatable bonds is 8. The van der Waals surface area contributed by atoms with Gasteiger partial charge in [0.1, 0.15) is 13.0 Å². The molecule has 0 aliphatic carbocycles. The molecule has 19 heavy (non-hydrogen) atoms. The van der Waals surface area contributed by atoms with Crippen molar-refractivity contribution < 1.29 is 19.1 Å². The summed E-state index contributed by atoms with van der Waals surface area (Å²) in [5.74, 6) is -0.702. The maximum Gasteiger partial charge on any atom is 0.313 e. The van der Waals surface area contributed by atoms with Crippen molar-refractivity contribution >= 4 is 11.8 Å². The van der Waals surface area contributed by atoms with Crippen molar-refractivity contribution in [3.05, 3.63) is 0 Å². The summed E-state index contributed by atoms with van der Waals surface area (Å²) in [7, 11) is 2.11. The van der Waals surface area contributed by atoms with Crippen LogP contribution in [0.25, 0.3) is 0 Å². The smallest absolute Gasteiger partial charge is 0.313 e. The molecule has 1 saturated heterocycles. The normalized spacial score (nSPS) is 17.4. The number of carbonyl (C=O) groups excluding carboxylic acids is 2. The lowest BCUT2D eigenvalue weighted by Gasteiger charge is -2.32. The Bertz CT molecular complexity index is 288. The van der Waals surface area contributed by atoms with E-state index in [0.29, 0.717) is 13.2 Å². The van der Waals surface area contributed by atoms with Gasteiger partial charge in [0, 0.05) is 32.7 Å². The van der Waals surface area contributed by atoms with Gasteiger partial charge in [-0.2, -0.15) is 0 Å². The van der Waals surface area contributed by atoms with E-state index in [0.717, 1.165) is 32.7 Å². The second kappa shape index (κ2) is 9.01. The molecule has 110 valence electrons. The Hall–Kier alpha value is -0.980. The van der Waals surface area contributed by atoms with Crippen LogP contribution in [0.4, 0.5) is 0 Å². The fraction of sp³-hybridized carbons (Fsp3) is 0.846. The summed E-state index contributed by atoms with van der Waals surface area (Å²) < 4.78 is 9.99. The van der Waals surface area contributed by atoms with Crippen molar-refractivity contribution in [2.24, 2.45) is 0 Å². The topological polar surface area (TPSA) is 59.1 Å². The highest BCUT2D eigenvalue weighted by Crippen LogP contribution is 1.98. The van der Waals surface area contributed by atoms with Crippen LogP contribution in [0.5, 0.6) is 0 Å². The molecule has 0 radical (unpaired) electrons. The summed E-state index contributed by atoms with van der Waals surface area (Å²) in [5.41, 5.74) is 0. The minimum Gasteiger partial charge on any atom is -0.466 e. The van der Waals surface area contributed by atoms with Crippen LogP contribution in [-0.4, -0.2) is 81.1 Å². The van der Waals surface area contributed by atoms with Gasteiger partial charge in [0.15, 0.2) is 5.78 Å². The lowest BCUT2D eigenvalue weighted by molar-refractivity contribution is -0.146. The highest BCUT2D eigenvalue weighted by atomic mass is 16.5. The number of ketones is 1. The second-order valence-corrected chi connectivity index (χ2v) is 4.72. The average Bonchev–Trinajstić information content (AvgIpc) is 2.37.